The minimum atomic E-state index is -1.69. The van der Waals surface area contributed by atoms with E-state index in [0.717, 1.165) is 43.6 Å². The van der Waals surface area contributed by atoms with Crippen LogP contribution in [0.5, 0.6) is 5.75 Å². The molecule has 2 amide bonds. The van der Waals surface area contributed by atoms with Crippen molar-refractivity contribution in [1.29, 1.82) is 0 Å². The van der Waals surface area contributed by atoms with Gasteiger partial charge in [0.2, 0.25) is 5.72 Å². The summed E-state index contributed by atoms with van der Waals surface area (Å²) in [6, 6.07) is 21.7. The van der Waals surface area contributed by atoms with Crippen molar-refractivity contribution in [3.63, 3.8) is 0 Å². The highest BCUT2D eigenvalue weighted by atomic mass is 19.1. The van der Waals surface area contributed by atoms with E-state index in [-0.39, 0.29) is 49.6 Å². The van der Waals surface area contributed by atoms with Crippen LogP contribution in [0.3, 0.4) is 0 Å². The van der Waals surface area contributed by atoms with E-state index in [0.29, 0.717) is 11.4 Å². The molecule has 9 rings (SSSR count). The number of urea groups is 1. The molecule has 0 saturated carbocycles. The Morgan fingerprint density at radius 3 is 2.27 bits per heavy atom. The van der Waals surface area contributed by atoms with Gasteiger partial charge >= 0.3 is 6.03 Å². The Morgan fingerprint density at radius 2 is 1.62 bits per heavy atom. The van der Waals surface area contributed by atoms with Crippen LogP contribution in [0.15, 0.2) is 110 Å². The number of aliphatic hydroxyl groups is 1. The van der Waals surface area contributed by atoms with Crippen LogP contribution in [0.4, 0.5) is 30.6 Å². The van der Waals surface area contributed by atoms with Crippen molar-refractivity contribution in [1.82, 2.24) is 39.6 Å². The number of nitrogens with zero attached hydrogens (tertiary/aromatic N) is 11. The Labute approximate surface area is 343 Å². The van der Waals surface area contributed by atoms with Gasteiger partial charge in [0.05, 0.1) is 38.3 Å². The molecule has 19 heteroatoms. The summed E-state index contributed by atoms with van der Waals surface area (Å²) in [6.45, 7) is 7.01. The van der Waals surface area contributed by atoms with Gasteiger partial charge in [0.1, 0.15) is 47.9 Å². The number of rotatable bonds is 13. The normalized spacial score (nSPS) is 22.0. The smallest absolute Gasteiger partial charge is 0.327 e. The number of carbonyl (C=O) groups excluding carboxylic acids is 1. The molecule has 0 bridgehead atoms. The number of amides is 2. The zero-order chi connectivity index (χ0) is 41.4. The average molecular weight is 824 g/mol. The highest BCUT2D eigenvalue weighted by Crippen LogP contribution is 2.39. The van der Waals surface area contributed by atoms with Crippen LogP contribution < -0.4 is 24.4 Å². The first-order valence-electron chi connectivity index (χ1n) is 19.5. The number of carbonyl (C=O) groups is 1. The van der Waals surface area contributed by atoms with Gasteiger partial charge in [0.25, 0.3) is 0 Å². The summed E-state index contributed by atoms with van der Waals surface area (Å²) >= 11 is 0. The molecule has 1 N–H and O–H groups in total. The van der Waals surface area contributed by atoms with Crippen LogP contribution in [-0.4, -0.2) is 109 Å². The van der Waals surface area contributed by atoms with Crippen LogP contribution in [0, 0.1) is 11.6 Å². The van der Waals surface area contributed by atoms with Crippen molar-refractivity contribution in [2.75, 3.05) is 60.6 Å². The molecule has 0 spiro atoms. The van der Waals surface area contributed by atoms with Gasteiger partial charge in [-0.15, -0.1) is 10.2 Å². The number of benzene rings is 3. The molecule has 0 aliphatic carbocycles. The Morgan fingerprint density at radius 1 is 0.900 bits per heavy atom. The summed E-state index contributed by atoms with van der Waals surface area (Å²) in [7, 11) is 0. The third-order valence-electron chi connectivity index (χ3n) is 10.9. The molecule has 3 aromatic heterocycles. The van der Waals surface area contributed by atoms with Crippen LogP contribution >= 0.6 is 0 Å². The standard InChI is InChI=1S/C41H43F2N11O6/c1-29(2)54-39(55)51(25-41(54,56)37-14-17-53(47-37)60-52-16-3-15-45-52)33-7-5-31(6-8-33)48-18-20-49(21-19-48)32-9-11-34(12-10-32)57-23-38-58-26-40(59-38,24-50-28-44-27-46-50)35-13-4-30(42)22-36(35)43/h3-17,22,27-29,38,56H,18-21,23-26H2,1-2H3/t38-,40+,41?/m0/s1. The molecule has 3 atom stereocenters. The zero-order valence-electron chi connectivity index (χ0n) is 32.9. The van der Waals surface area contributed by atoms with E-state index in [1.807, 2.05) is 62.4 Å². The molecule has 3 saturated heterocycles. The van der Waals surface area contributed by atoms with Crippen LogP contribution in [0.1, 0.15) is 25.1 Å². The third kappa shape index (κ3) is 7.57. The van der Waals surface area contributed by atoms with Gasteiger partial charge in [0.15, 0.2) is 6.29 Å². The fraction of sp³-hybridized carbons (Fsp3) is 0.341. The molecule has 17 nitrogen and oxygen atoms in total. The van der Waals surface area contributed by atoms with E-state index < -0.39 is 29.3 Å². The topological polar surface area (TPSA) is 154 Å². The van der Waals surface area contributed by atoms with Crippen LogP contribution in [0.2, 0.25) is 0 Å². The number of anilines is 3. The number of hydrogen-bond acceptors (Lipinski definition) is 12. The Hall–Kier alpha value is -6.57. The van der Waals surface area contributed by atoms with Gasteiger partial charge in [-0.3, -0.25) is 9.80 Å². The number of piperazine rings is 1. The zero-order valence-corrected chi connectivity index (χ0v) is 32.9. The van der Waals surface area contributed by atoms with Gasteiger partial charge in [-0.05, 0) is 80.6 Å². The van der Waals surface area contributed by atoms with Gasteiger partial charge in [0, 0.05) is 60.9 Å². The monoisotopic (exact) mass is 823 g/mol. The summed E-state index contributed by atoms with van der Waals surface area (Å²) in [5.74, 6) is -0.804. The maximum Gasteiger partial charge on any atom is 0.327 e. The van der Waals surface area contributed by atoms with Crippen LogP contribution in [-0.2, 0) is 27.3 Å². The predicted molar refractivity (Wildman–Crippen MR) is 212 cm³/mol. The quantitative estimate of drug-likeness (QED) is 0.179. The Bertz CT molecular complexity index is 2390. The van der Waals surface area contributed by atoms with E-state index in [2.05, 4.69) is 30.1 Å². The maximum atomic E-state index is 15.0. The molecule has 3 aliphatic heterocycles. The van der Waals surface area contributed by atoms with Crippen molar-refractivity contribution in [2.24, 2.45) is 0 Å². The lowest BCUT2D eigenvalue weighted by Crippen LogP contribution is -2.48. The van der Waals surface area contributed by atoms with Gasteiger partial charge < -0.3 is 29.1 Å². The van der Waals surface area contributed by atoms with E-state index in [9.17, 15) is 18.7 Å². The summed E-state index contributed by atoms with van der Waals surface area (Å²) in [5.41, 5.74) is 0.234. The van der Waals surface area contributed by atoms with Crippen molar-refractivity contribution in [3.05, 3.63) is 133 Å². The first-order valence-corrected chi connectivity index (χ1v) is 19.5. The van der Waals surface area contributed by atoms with Gasteiger partial charge in [-0.25, -0.2) is 28.2 Å². The van der Waals surface area contributed by atoms with E-state index in [1.165, 1.54) is 44.1 Å². The van der Waals surface area contributed by atoms with E-state index >= 15 is 0 Å². The molecule has 3 fully saturated rings. The molecule has 60 heavy (non-hydrogen) atoms. The molecule has 0 radical (unpaired) electrons. The molecule has 6 heterocycles. The summed E-state index contributed by atoms with van der Waals surface area (Å²) < 4.78 is 48.4. The van der Waals surface area contributed by atoms with Crippen molar-refractivity contribution in [3.8, 4) is 5.75 Å². The number of hydrogen-bond donors (Lipinski definition) is 1. The first-order chi connectivity index (χ1) is 29.1. The molecule has 3 aromatic carbocycles. The molecule has 6 aromatic rings. The summed E-state index contributed by atoms with van der Waals surface area (Å²) in [6.07, 6.45) is 6.80. The minimum Gasteiger partial charge on any atom is -0.488 e. The Balaban J connectivity index is 0.786. The van der Waals surface area contributed by atoms with Gasteiger partial charge in [-0.1, -0.05) is 15.8 Å². The highest BCUT2D eigenvalue weighted by molar-refractivity contribution is 5.95. The lowest BCUT2D eigenvalue weighted by atomic mass is 9.94. The second kappa shape index (κ2) is 15.9. The second-order valence-electron chi connectivity index (χ2n) is 15.1. The number of ether oxygens (including phenoxy) is 3. The lowest BCUT2D eigenvalue weighted by molar-refractivity contribution is -0.117. The summed E-state index contributed by atoms with van der Waals surface area (Å²) in [5, 5.41) is 24.5. The molecule has 1 unspecified atom stereocenters. The SMILES string of the molecule is CC(C)N1C(=O)N(c2ccc(N3CCN(c4ccc(OC[C@H]5OC[C@](Cn6cncn6)(c6ccc(F)cc6F)O5)cc4)CC3)cc2)CC1(O)c1ccn(On2cccn2)n1. The average Bonchev–Trinajstić information content (AvgIpc) is 4.11. The maximum absolute atomic E-state index is 15.0. The molecular weight excluding hydrogens is 781 g/mol. The molecule has 312 valence electrons. The second-order valence-corrected chi connectivity index (χ2v) is 15.1. The number of aromatic nitrogens is 7. The number of halogens is 2. The number of β-amino-alcohol motifs (C(OH)–C–C–N with tert-alkyl or cyclic N) is 1. The summed E-state index contributed by atoms with van der Waals surface area (Å²) in [4.78, 5) is 33.3. The fourth-order valence-electron chi connectivity index (χ4n) is 8.02. The van der Waals surface area contributed by atoms with E-state index in [1.54, 1.807) is 35.6 Å². The molecular formula is C41H43F2N11O6. The predicted octanol–water partition coefficient (Wildman–Crippen LogP) is 4.01. The van der Waals surface area contributed by atoms with Crippen molar-refractivity contribution in [2.45, 2.75) is 44.1 Å². The third-order valence-corrected chi connectivity index (χ3v) is 10.9. The molecule has 3 aliphatic rings. The fourth-order valence-corrected chi connectivity index (χ4v) is 8.02. The first kappa shape index (κ1) is 38.9. The highest BCUT2D eigenvalue weighted by Gasteiger charge is 2.53. The van der Waals surface area contributed by atoms with Crippen molar-refractivity contribution < 1.29 is 37.8 Å². The largest absolute Gasteiger partial charge is 0.488 e. The van der Waals surface area contributed by atoms with Gasteiger partial charge in [-0.2, -0.15) is 5.10 Å². The van der Waals surface area contributed by atoms with E-state index in [4.69, 9.17) is 19.1 Å². The lowest BCUT2D eigenvalue weighted by Gasteiger charge is -2.37. The Kier molecular flexibility index (Phi) is 10.3. The van der Waals surface area contributed by atoms with Crippen LogP contribution in [0.25, 0.3) is 0 Å². The van der Waals surface area contributed by atoms with Crippen molar-refractivity contribution >= 4 is 23.1 Å². The minimum absolute atomic E-state index is 0.0108.